The zero-order valence-corrected chi connectivity index (χ0v) is 19.2. The van der Waals surface area contributed by atoms with E-state index in [1.54, 1.807) is 6.20 Å². The van der Waals surface area contributed by atoms with E-state index in [0.29, 0.717) is 6.54 Å². The van der Waals surface area contributed by atoms with E-state index in [4.69, 9.17) is 0 Å². The van der Waals surface area contributed by atoms with Gasteiger partial charge in [-0.15, -0.1) is 10.2 Å². The number of carbonyl (C=O) groups excluding carboxylic acids is 1. The Hall–Kier alpha value is -3.23. The summed E-state index contributed by atoms with van der Waals surface area (Å²) >= 11 is 1.42. The minimum absolute atomic E-state index is 0.0771. The third-order valence-electron chi connectivity index (χ3n) is 5.79. The van der Waals surface area contributed by atoms with E-state index >= 15 is 0 Å². The van der Waals surface area contributed by atoms with Crippen molar-refractivity contribution in [2.75, 3.05) is 24.2 Å². The summed E-state index contributed by atoms with van der Waals surface area (Å²) in [6, 6.07) is 19.9. The van der Waals surface area contributed by atoms with Crippen LogP contribution in [-0.2, 0) is 17.9 Å². The van der Waals surface area contributed by atoms with Gasteiger partial charge in [0.25, 0.3) is 0 Å². The van der Waals surface area contributed by atoms with Crippen LogP contribution in [0.15, 0.2) is 72.0 Å². The first-order valence-corrected chi connectivity index (χ1v) is 12.2. The molecule has 3 heterocycles. The minimum atomic E-state index is -0.0771. The van der Waals surface area contributed by atoms with Crippen LogP contribution in [0.2, 0.25) is 0 Å². The van der Waals surface area contributed by atoms with E-state index in [1.807, 2.05) is 48.5 Å². The Morgan fingerprint density at radius 3 is 2.64 bits per heavy atom. The third kappa shape index (κ3) is 5.23. The van der Waals surface area contributed by atoms with Gasteiger partial charge in [-0.2, -0.15) is 0 Å². The summed E-state index contributed by atoms with van der Waals surface area (Å²) in [6.45, 7) is 3.68. The molecule has 0 unspecified atom stereocenters. The van der Waals surface area contributed by atoms with Crippen molar-refractivity contribution in [1.82, 2.24) is 24.6 Å². The van der Waals surface area contributed by atoms with Gasteiger partial charge >= 0.3 is 0 Å². The van der Waals surface area contributed by atoms with Gasteiger partial charge in [-0.25, -0.2) is 0 Å². The second-order valence-electron chi connectivity index (χ2n) is 8.17. The number of amides is 1. The van der Waals surface area contributed by atoms with E-state index in [2.05, 4.69) is 42.1 Å². The van der Waals surface area contributed by atoms with Crippen molar-refractivity contribution in [2.45, 2.75) is 31.1 Å². The number of aromatic nitrogens is 4. The van der Waals surface area contributed by atoms with Gasteiger partial charge < -0.3 is 9.88 Å². The molecule has 0 radical (unpaired) electrons. The van der Waals surface area contributed by atoms with E-state index in [9.17, 15) is 4.79 Å². The Balaban J connectivity index is 1.30. The van der Waals surface area contributed by atoms with Crippen LogP contribution in [0.1, 0.15) is 24.2 Å². The Labute approximate surface area is 197 Å². The molecule has 0 saturated carbocycles. The van der Waals surface area contributed by atoms with E-state index in [1.165, 1.54) is 30.2 Å². The van der Waals surface area contributed by atoms with Gasteiger partial charge in [-0.1, -0.05) is 48.2 Å². The molecule has 0 bridgehead atoms. The van der Waals surface area contributed by atoms with Crippen molar-refractivity contribution in [3.63, 3.8) is 0 Å². The molecule has 1 N–H and O–H groups in total. The van der Waals surface area contributed by atoms with Crippen LogP contribution in [0.4, 0.5) is 5.69 Å². The molecule has 5 rings (SSSR count). The fourth-order valence-electron chi connectivity index (χ4n) is 4.14. The first-order valence-electron chi connectivity index (χ1n) is 11.2. The number of thioether (sulfide) groups is 1. The lowest BCUT2D eigenvalue weighted by Crippen LogP contribution is -2.22. The van der Waals surface area contributed by atoms with Gasteiger partial charge in [0.1, 0.15) is 5.82 Å². The number of likely N-dealkylation sites (tertiary alicyclic amines) is 1. The first kappa shape index (κ1) is 21.6. The Morgan fingerprint density at radius 1 is 0.939 bits per heavy atom. The number of carbonyl (C=O) groups is 1. The van der Waals surface area contributed by atoms with E-state index in [-0.39, 0.29) is 11.7 Å². The zero-order chi connectivity index (χ0) is 22.5. The van der Waals surface area contributed by atoms with Gasteiger partial charge in [0.2, 0.25) is 5.91 Å². The number of fused-ring (bicyclic) bond motifs is 1. The predicted octanol–water partition coefficient (Wildman–Crippen LogP) is 4.20. The maximum atomic E-state index is 12.8. The average molecular weight is 459 g/mol. The van der Waals surface area contributed by atoms with Gasteiger partial charge in [0.15, 0.2) is 5.16 Å². The maximum absolute atomic E-state index is 12.8. The quantitative estimate of drug-likeness (QED) is 0.399. The second kappa shape index (κ2) is 10.1. The van der Waals surface area contributed by atoms with Gasteiger partial charge in [0.05, 0.1) is 30.0 Å². The van der Waals surface area contributed by atoms with E-state index in [0.717, 1.165) is 47.2 Å². The highest BCUT2D eigenvalue weighted by Gasteiger charge is 2.19. The van der Waals surface area contributed by atoms with Crippen LogP contribution >= 0.6 is 11.8 Å². The van der Waals surface area contributed by atoms with Crippen LogP contribution in [0.3, 0.4) is 0 Å². The monoisotopic (exact) mass is 458 g/mol. The summed E-state index contributed by atoms with van der Waals surface area (Å²) in [4.78, 5) is 19.5. The van der Waals surface area contributed by atoms with Crippen LogP contribution in [0.5, 0.6) is 0 Å². The lowest BCUT2D eigenvalue weighted by molar-refractivity contribution is -0.113. The molecule has 0 aliphatic carbocycles. The zero-order valence-electron chi connectivity index (χ0n) is 18.4. The molecule has 1 amide bonds. The Bertz CT molecular complexity index is 1230. The molecule has 1 aliphatic heterocycles. The van der Waals surface area contributed by atoms with E-state index < -0.39 is 0 Å². The summed E-state index contributed by atoms with van der Waals surface area (Å²) < 4.78 is 2.15. The molecular weight excluding hydrogens is 432 g/mol. The maximum Gasteiger partial charge on any atom is 0.234 e. The molecule has 4 aromatic rings. The summed E-state index contributed by atoms with van der Waals surface area (Å²) in [5, 5.41) is 13.7. The molecule has 8 heteroatoms. The van der Waals surface area contributed by atoms with Crippen molar-refractivity contribution >= 4 is 34.3 Å². The Morgan fingerprint density at radius 2 is 1.79 bits per heavy atom. The molecule has 0 spiro atoms. The fraction of sp³-hybridized carbons (Fsp3) is 0.280. The summed E-state index contributed by atoms with van der Waals surface area (Å²) in [5.74, 6) is 1.13. The molecule has 1 saturated heterocycles. The highest BCUT2D eigenvalue weighted by molar-refractivity contribution is 7.99. The third-order valence-corrected chi connectivity index (χ3v) is 6.76. The van der Waals surface area contributed by atoms with Crippen LogP contribution < -0.4 is 5.32 Å². The number of pyridine rings is 1. The smallest absolute Gasteiger partial charge is 0.234 e. The minimum Gasteiger partial charge on any atom is -0.325 e. The van der Waals surface area contributed by atoms with Gasteiger partial charge in [0, 0.05) is 11.6 Å². The summed E-state index contributed by atoms with van der Waals surface area (Å²) in [5.41, 5.74) is 2.82. The molecule has 33 heavy (non-hydrogen) atoms. The lowest BCUT2D eigenvalue weighted by atomic mass is 10.2. The summed E-state index contributed by atoms with van der Waals surface area (Å²) in [7, 11) is 0. The number of nitrogens with one attached hydrogen (secondary N) is 1. The molecular formula is C25H26N6OS. The largest absolute Gasteiger partial charge is 0.325 e. The normalized spacial score (nSPS) is 14.1. The van der Waals surface area contributed by atoms with Crippen molar-refractivity contribution in [3.05, 3.63) is 78.2 Å². The highest BCUT2D eigenvalue weighted by Crippen LogP contribution is 2.24. The Kier molecular flexibility index (Phi) is 6.64. The van der Waals surface area contributed by atoms with Crippen LogP contribution in [0.25, 0.3) is 10.9 Å². The van der Waals surface area contributed by atoms with Gasteiger partial charge in [-0.05, 0) is 55.8 Å². The number of hydrogen-bond donors (Lipinski definition) is 1. The number of nitrogens with zero attached hydrogens (tertiary/aromatic N) is 5. The van der Waals surface area contributed by atoms with Crippen molar-refractivity contribution in [2.24, 2.45) is 0 Å². The molecule has 2 aromatic carbocycles. The average Bonchev–Trinajstić information content (AvgIpc) is 3.49. The standard InChI is InChI=1S/C25H26N6OS/c32-24(27-22-12-6-11-21-20(22)10-7-13-26-21)18-33-25-29-28-23(17-30-14-4-5-15-30)31(25)16-19-8-2-1-3-9-19/h1-3,6-13H,4-5,14-18H2,(H,27,32). The molecule has 168 valence electrons. The fourth-order valence-corrected chi connectivity index (χ4v) is 4.89. The number of anilines is 1. The summed E-state index contributed by atoms with van der Waals surface area (Å²) in [6.07, 6.45) is 4.22. The second-order valence-corrected chi connectivity index (χ2v) is 9.11. The molecule has 0 atom stereocenters. The first-order chi connectivity index (χ1) is 16.3. The number of rotatable bonds is 8. The van der Waals surface area contributed by atoms with Crippen LogP contribution in [-0.4, -0.2) is 49.4 Å². The molecule has 1 aliphatic rings. The predicted molar refractivity (Wildman–Crippen MR) is 131 cm³/mol. The highest BCUT2D eigenvalue weighted by atomic mass is 32.2. The van der Waals surface area contributed by atoms with Crippen molar-refractivity contribution < 1.29 is 4.79 Å². The van der Waals surface area contributed by atoms with Crippen molar-refractivity contribution in [3.8, 4) is 0 Å². The molecule has 7 nitrogen and oxygen atoms in total. The number of hydrogen-bond acceptors (Lipinski definition) is 6. The molecule has 2 aromatic heterocycles. The number of benzene rings is 2. The molecule has 1 fully saturated rings. The topological polar surface area (TPSA) is 75.9 Å². The van der Waals surface area contributed by atoms with Gasteiger partial charge in [-0.3, -0.25) is 14.7 Å². The lowest BCUT2D eigenvalue weighted by Gasteiger charge is -2.16. The van der Waals surface area contributed by atoms with Crippen molar-refractivity contribution in [1.29, 1.82) is 0 Å². The SMILES string of the molecule is O=C(CSc1nnc(CN2CCCC2)n1Cc1ccccc1)Nc1cccc2ncccc12. The van der Waals surface area contributed by atoms with Crippen LogP contribution in [0, 0.1) is 0 Å².